The van der Waals surface area contributed by atoms with E-state index in [4.69, 9.17) is 5.26 Å². The van der Waals surface area contributed by atoms with E-state index in [9.17, 15) is 0 Å². The van der Waals surface area contributed by atoms with Crippen molar-refractivity contribution in [2.24, 2.45) is 5.92 Å². The molecule has 0 aliphatic carbocycles. The highest BCUT2D eigenvalue weighted by atomic mass is 32.1. The molecule has 0 atom stereocenters. The van der Waals surface area contributed by atoms with Crippen LogP contribution in [0.4, 0.5) is 17.3 Å². The summed E-state index contributed by atoms with van der Waals surface area (Å²) in [7, 11) is 0. The first-order valence-corrected chi connectivity index (χ1v) is 10.4. The van der Waals surface area contributed by atoms with Gasteiger partial charge < -0.3 is 16.0 Å². The van der Waals surface area contributed by atoms with Gasteiger partial charge in [0.1, 0.15) is 17.7 Å². The second-order valence-electron chi connectivity index (χ2n) is 7.26. The van der Waals surface area contributed by atoms with Crippen LogP contribution in [0.3, 0.4) is 0 Å². The molecule has 1 fully saturated rings. The lowest BCUT2D eigenvalue weighted by atomic mass is 9.97. The zero-order valence-electron chi connectivity index (χ0n) is 16.5. The number of nitrogens with zero attached hydrogens (tertiary/aromatic N) is 4. The summed E-state index contributed by atoms with van der Waals surface area (Å²) in [6, 6.07) is 12.0. The van der Waals surface area contributed by atoms with Crippen molar-refractivity contribution in [3.05, 3.63) is 54.6 Å². The van der Waals surface area contributed by atoms with Gasteiger partial charge in [-0.2, -0.15) is 5.26 Å². The molecular weight excluding hydrogens is 394 g/mol. The molecule has 2 aromatic heterocycles. The average molecular weight is 418 g/mol. The number of pyridine rings is 1. The van der Waals surface area contributed by atoms with Crippen molar-refractivity contribution in [2.75, 3.05) is 30.3 Å². The molecule has 0 amide bonds. The van der Waals surface area contributed by atoms with Gasteiger partial charge in [0.25, 0.3) is 0 Å². The summed E-state index contributed by atoms with van der Waals surface area (Å²) in [6.45, 7) is 3.05. The monoisotopic (exact) mass is 417 g/mol. The molecule has 0 radical (unpaired) electrons. The first-order chi connectivity index (χ1) is 14.7. The van der Waals surface area contributed by atoms with E-state index in [2.05, 4.69) is 49.6 Å². The summed E-state index contributed by atoms with van der Waals surface area (Å²) < 4.78 is 0. The van der Waals surface area contributed by atoms with E-state index < -0.39 is 0 Å². The summed E-state index contributed by atoms with van der Waals surface area (Å²) >= 11 is 4.48. The Kier molecular flexibility index (Phi) is 6.42. The second kappa shape index (κ2) is 9.57. The lowest BCUT2D eigenvalue weighted by molar-refractivity contribution is 0.390. The Labute approximate surface area is 181 Å². The van der Waals surface area contributed by atoms with Crippen molar-refractivity contribution in [3.63, 3.8) is 0 Å². The maximum atomic E-state index is 8.88. The molecule has 8 heteroatoms. The van der Waals surface area contributed by atoms with Crippen LogP contribution >= 0.6 is 12.6 Å². The molecule has 0 unspecified atom stereocenters. The van der Waals surface area contributed by atoms with E-state index in [0.29, 0.717) is 17.6 Å². The van der Waals surface area contributed by atoms with E-state index in [1.807, 2.05) is 36.5 Å². The number of nitrogens with one attached hydrogen (secondary N) is 3. The van der Waals surface area contributed by atoms with E-state index in [-0.39, 0.29) is 5.69 Å². The van der Waals surface area contributed by atoms with Crippen LogP contribution in [-0.4, -0.2) is 34.6 Å². The number of rotatable bonds is 6. The van der Waals surface area contributed by atoms with Crippen LogP contribution in [0.25, 0.3) is 11.1 Å². The predicted octanol–water partition coefficient (Wildman–Crippen LogP) is 3.85. The van der Waals surface area contributed by atoms with Crippen LogP contribution < -0.4 is 16.0 Å². The minimum atomic E-state index is 0.278. The van der Waals surface area contributed by atoms with Gasteiger partial charge in [-0.1, -0.05) is 12.1 Å². The fourth-order valence-corrected chi connectivity index (χ4v) is 3.72. The van der Waals surface area contributed by atoms with Crippen LogP contribution in [0, 0.1) is 17.2 Å². The number of anilines is 3. The van der Waals surface area contributed by atoms with Crippen LogP contribution in [0.15, 0.2) is 53.8 Å². The first kappa shape index (κ1) is 20.1. The third kappa shape index (κ3) is 5.06. The van der Waals surface area contributed by atoms with Crippen LogP contribution in [0.2, 0.25) is 0 Å². The Morgan fingerprint density at radius 3 is 2.63 bits per heavy atom. The van der Waals surface area contributed by atoms with E-state index >= 15 is 0 Å². The Bertz CT molecular complexity index is 1040. The Morgan fingerprint density at radius 1 is 1.07 bits per heavy atom. The molecule has 3 heterocycles. The van der Waals surface area contributed by atoms with Gasteiger partial charge in [0.05, 0.1) is 12.4 Å². The second-order valence-corrected chi connectivity index (χ2v) is 7.78. The number of nitriles is 1. The zero-order valence-corrected chi connectivity index (χ0v) is 17.4. The molecule has 1 aromatic carbocycles. The fraction of sp³-hybridized carbons (Fsp3) is 0.273. The molecule has 0 spiro atoms. The summed E-state index contributed by atoms with van der Waals surface area (Å²) in [4.78, 5) is 13.7. The standard InChI is InChI=1S/C22H23N7S/c23-10-17-12-27-22(14-25-17)29-21-9-20(26-11-15-4-6-24-7-5-15)19(13-28-21)16-2-1-3-18(30)8-16/h1-3,8-9,12-15,24,30H,4-7,11H2,(H2,26,27,28,29). The number of benzene rings is 1. The van der Waals surface area contributed by atoms with Crippen molar-refractivity contribution < 1.29 is 0 Å². The third-order valence-corrected chi connectivity index (χ3v) is 5.40. The van der Waals surface area contributed by atoms with Gasteiger partial charge in [0, 0.05) is 35.0 Å². The number of piperidine rings is 1. The van der Waals surface area contributed by atoms with Crippen molar-refractivity contribution in [2.45, 2.75) is 17.7 Å². The molecule has 4 rings (SSSR count). The van der Waals surface area contributed by atoms with Crippen molar-refractivity contribution in [1.29, 1.82) is 5.26 Å². The molecule has 0 bridgehead atoms. The van der Waals surface area contributed by atoms with E-state index in [1.165, 1.54) is 25.2 Å². The summed E-state index contributed by atoms with van der Waals surface area (Å²) in [6.07, 6.45) is 7.16. The highest BCUT2D eigenvalue weighted by Gasteiger charge is 2.15. The molecule has 1 aliphatic heterocycles. The number of thiol groups is 1. The largest absolute Gasteiger partial charge is 0.384 e. The highest BCUT2D eigenvalue weighted by Crippen LogP contribution is 2.31. The fourth-order valence-electron chi connectivity index (χ4n) is 3.50. The lowest BCUT2D eigenvalue weighted by Crippen LogP contribution is -2.31. The Hall–Kier alpha value is -3.15. The minimum absolute atomic E-state index is 0.278. The SMILES string of the molecule is N#Cc1cnc(Nc2cc(NCC3CCNCC3)c(-c3cccc(S)c3)cn2)cn1. The van der Waals surface area contributed by atoms with Gasteiger partial charge in [-0.05, 0) is 49.5 Å². The van der Waals surface area contributed by atoms with Gasteiger partial charge in [-0.25, -0.2) is 15.0 Å². The topological polar surface area (TPSA) is 98.5 Å². The zero-order chi connectivity index (χ0) is 20.8. The molecule has 1 aliphatic rings. The van der Waals surface area contributed by atoms with Gasteiger partial charge in [-0.3, -0.25) is 0 Å². The molecular formula is C22H23N7S. The van der Waals surface area contributed by atoms with Crippen LogP contribution in [0.5, 0.6) is 0 Å². The van der Waals surface area contributed by atoms with Gasteiger partial charge in [0.2, 0.25) is 0 Å². The maximum Gasteiger partial charge on any atom is 0.158 e. The van der Waals surface area contributed by atoms with Gasteiger partial charge in [-0.15, -0.1) is 12.6 Å². The van der Waals surface area contributed by atoms with Crippen LogP contribution in [-0.2, 0) is 0 Å². The highest BCUT2D eigenvalue weighted by molar-refractivity contribution is 7.80. The average Bonchev–Trinajstić information content (AvgIpc) is 2.79. The Balaban J connectivity index is 1.59. The summed E-state index contributed by atoms with van der Waals surface area (Å²) in [5.41, 5.74) is 3.37. The van der Waals surface area contributed by atoms with E-state index in [0.717, 1.165) is 41.3 Å². The van der Waals surface area contributed by atoms with Crippen molar-refractivity contribution >= 4 is 30.0 Å². The van der Waals surface area contributed by atoms with Crippen LogP contribution in [0.1, 0.15) is 18.5 Å². The minimum Gasteiger partial charge on any atom is -0.384 e. The van der Waals surface area contributed by atoms with E-state index in [1.54, 1.807) is 0 Å². The lowest BCUT2D eigenvalue weighted by Gasteiger charge is -2.24. The normalized spacial score (nSPS) is 14.1. The summed E-state index contributed by atoms with van der Waals surface area (Å²) in [5, 5.41) is 19.1. The number of hydrogen-bond donors (Lipinski definition) is 4. The number of aromatic nitrogens is 3. The molecule has 152 valence electrons. The maximum absolute atomic E-state index is 8.88. The smallest absolute Gasteiger partial charge is 0.158 e. The molecule has 1 saturated heterocycles. The molecule has 7 nitrogen and oxygen atoms in total. The molecule has 0 saturated carbocycles. The Morgan fingerprint density at radius 2 is 1.90 bits per heavy atom. The third-order valence-electron chi connectivity index (χ3n) is 5.12. The van der Waals surface area contributed by atoms with Crippen molar-refractivity contribution in [3.8, 4) is 17.2 Å². The number of hydrogen-bond acceptors (Lipinski definition) is 8. The molecule has 3 aromatic rings. The molecule has 30 heavy (non-hydrogen) atoms. The quantitative estimate of drug-likeness (QED) is 0.452. The van der Waals surface area contributed by atoms with Crippen molar-refractivity contribution in [1.82, 2.24) is 20.3 Å². The van der Waals surface area contributed by atoms with Gasteiger partial charge >= 0.3 is 0 Å². The molecule has 3 N–H and O–H groups in total. The first-order valence-electron chi connectivity index (χ1n) is 9.94. The summed E-state index contributed by atoms with van der Waals surface area (Å²) in [5.74, 6) is 1.84. The van der Waals surface area contributed by atoms with Gasteiger partial charge in [0.15, 0.2) is 5.69 Å². The predicted molar refractivity (Wildman–Crippen MR) is 121 cm³/mol.